The summed E-state index contributed by atoms with van der Waals surface area (Å²) in [4.78, 5) is 62.8. The van der Waals surface area contributed by atoms with Crippen LogP contribution in [0.25, 0.3) is 0 Å². The Morgan fingerprint density at radius 3 is 2.06 bits per heavy atom. The second kappa shape index (κ2) is 22.6. The molecule has 2 N–H and O–H groups in total. The predicted octanol–water partition coefficient (Wildman–Crippen LogP) is 8.21. The van der Waals surface area contributed by atoms with Gasteiger partial charge < -0.3 is 29.3 Å². The summed E-state index contributed by atoms with van der Waals surface area (Å²) in [6.45, 7) is 24.9. The average molecular weight is 931 g/mol. The number of nitrogens with one attached hydrogen (secondary N) is 2. The molecule has 348 valence electrons. The molecule has 64 heavy (non-hydrogen) atoms. The lowest BCUT2D eigenvalue weighted by Crippen LogP contribution is -2.66. The number of hydrogen-bond donors (Lipinski definition) is 2. The summed E-state index contributed by atoms with van der Waals surface area (Å²) < 4.78 is 24.0. The van der Waals surface area contributed by atoms with E-state index in [0.717, 1.165) is 6.04 Å². The quantitative estimate of drug-likeness (QED) is 0.0373. The molecule has 3 atom stereocenters. The summed E-state index contributed by atoms with van der Waals surface area (Å²) >= 11 is 1.39. The molecule has 4 rings (SSSR count). The summed E-state index contributed by atoms with van der Waals surface area (Å²) in [5.41, 5.74) is -0.672. The van der Waals surface area contributed by atoms with Crippen molar-refractivity contribution in [1.82, 2.24) is 15.6 Å². The summed E-state index contributed by atoms with van der Waals surface area (Å²) in [5.74, 6) is -1.60. The van der Waals surface area contributed by atoms with Crippen molar-refractivity contribution in [3.05, 3.63) is 102 Å². The Balaban J connectivity index is 1.48. The minimum absolute atomic E-state index is 0.152. The lowest BCUT2D eigenvalue weighted by Gasteiger charge is -2.43. The van der Waals surface area contributed by atoms with Crippen LogP contribution in [0.2, 0.25) is 30.7 Å². The van der Waals surface area contributed by atoms with Crippen LogP contribution in [-0.2, 0) is 39.6 Å². The molecule has 0 radical (unpaired) electrons. The summed E-state index contributed by atoms with van der Waals surface area (Å²) in [5, 5.41) is 8.35. The van der Waals surface area contributed by atoms with E-state index in [4.69, 9.17) is 23.6 Å². The van der Waals surface area contributed by atoms with Crippen LogP contribution in [0.5, 0.6) is 0 Å². The topological polar surface area (TPSA) is 155 Å². The number of carbonyl (C=O) groups excluding carboxylic acids is 4. The molecule has 12 nitrogen and oxygen atoms in total. The first kappa shape index (κ1) is 52.1. The number of esters is 2. The number of amides is 2. The molecular formula is C49H70N4O8SSi2. The van der Waals surface area contributed by atoms with Gasteiger partial charge in [0.2, 0.25) is 5.91 Å². The first-order chi connectivity index (χ1) is 29.9. The standard InChI is InChI=1S/C49H70N4O8SSi2/c1-35(2)42(52-45(56)49(9)34-62-43(53-49)40-28-21-22-36(51-40)33-50-46(57)61-47(3,4)5)44(55)60-37(32-41(54)58-30-31-63(10,11)12)23-19-20-29-59-64(48(6,7)8,38-24-15-13-16-25-38)39-26-17-14-18-27-39/h13-19,21-28,35,37,42H,20,29-34H2,1-12H3,(H,50,57)(H,52,56)/b23-19+/t37-,42+,49+/m1/s1. The molecule has 0 unspecified atom stereocenters. The zero-order valence-electron chi connectivity index (χ0n) is 39.9. The van der Waals surface area contributed by atoms with E-state index in [2.05, 4.69) is 105 Å². The summed E-state index contributed by atoms with van der Waals surface area (Å²) in [7, 11) is -4.23. The molecule has 0 saturated heterocycles. The molecule has 15 heteroatoms. The van der Waals surface area contributed by atoms with Crippen LogP contribution in [0.4, 0.5) is 4.79 Å². The minimum atomic E-state index is -2.77. The highest BCUT2D eigenvalue weighted by molar-refractivity contribution is 8.14. The highest BCUT2D eigenvalue weighted by Crippen LogP contribution is 2.37. The average Bonchev–Trinajstić information content (AvgIpc) is 3.62. The van der Waals surface area contributed by atoms with Crippen molar-refractivity contribution in [3.63, 3.8) is 0 Å². The predicted molar refractivity (Wildman–Crippen MR) is 262 cm³/mol. The largest absolute Gasteiger partial charge is 0.466 e. The fraction of sp³-hybridized carbons (Fsp3) is 0.510. The van der Waals surface area contributed by atoms with Gasteiger partial charge in [0.1, 0.15) is 28.3 Å². The van der Waals surface area contributed by atoms with E-state index in [9.17, 15) is 19.2 Å². The van der Waals surface area contributed by atoms with Crippen LogP contribution < -0.4 is 21.0 Å². The van der Waals surface area contributed by atoms with Gasteiger partial charge in [-0.2, -0.15) is 0 Å². The lowest BCUT2D eigenvalue weighted by molar-refractivity contribution is -0.156. The van der Waals surface area contributed by atoms with Gasteiger partial charge in [0.25, 0.3) is 8.32 Å². The second-order valence-corrected chi connectivity index (χ2v) is 30.9. The van der Waals surface area contributed by atoms with E-state index in [-0.39, 0.29) is 23.9 Å². The van der Waals surface area contributed by atoms with Crippen LogP contribution in [0.15, 0.2) is 96.0 Å². The third kappa shape index (κ3) is 15.3. The smallest absolute Gasteiger partial charge is 0.407 e. The number of aliphatic imine (C=N–C) groups is 1. The Kier molecular flexibility index (Phi) is 18.3. The Bertz CT molecular complexity index is 2060. The number of nitrogens with zero attached hydrogens (tertiary/aromatic N) is 2. The summed E-state index contributed by atoms with van der Waals surface area (Å²) in [6, 6.07) is 26.0. The molecule has 1 aliphatic rings. The molecule has 1 aliphatic heterocycles. The van der Waals surface area contributed by atoms with Gasteiger partial charge in [-0.15, -0.1) is 11.8 Å². The number of aromatic nitrogens is 1. The molecule has 2 heterocycles. The van der Waals surface area contributed by atoms with E-state index in [1.165, 1.54) is 22.1 Å². The maximum atomic E-state index is 14.0. The fourth-order valence-corrected chi connectivity index (χ4v) is 13.5. The first-order valence-electron chi connectivity index (χ1n) is 22.2. The molecule has 2 amide bonds. The normalized spacial score (nSPS) is 16.8. The van der Waals surface area contributed by atoms with Crippen molar-refractivity contribution < 1.29 is 37.8 Å². The van der Waals surface area contributed by atoms with E-state index in [0.29, 0.717) is 41.8 Å². The maximum absolute atomic E-state index is 14.0. The number of hydrogen-bond acceptors (Lipinski definition) is 11. The highest BCUT2D eigenvalue weighted by atomic mass is 32.2. The molecule has 2 aromatic carbocycles. The molecule has 0 fully saturated rings. The van der Waals surface area contributed by atoms with Gasteiger partial charge in [0.15, 0.2) is 0 Å². The van der Waals surface area contributed by atoms with Gasteiger partial charge in [0, 0.05) is 20.4 Å². The zero-order chi connectivity index (χ0) is 47.3. The number of ether oxygens (including phenoxy) is 3. The van der Waals surface area contributed by atoms with Crippen LogP contribution in [0.3, 0.4) is 0 Å². The number of pyridine rings is 1. The Morgan fingerprint density at radius 2 is 1.50 bits per heavy atom. The third-order valence-corrected chi connectivity index (χ3v) is 18.5. The van der Waals surface area contributed by atoms with Gasteiger partial charge in [-0.1, -0.05) is 127 Å². The molecule has 3 aromatic rings. The van der Waals surface area contributed by atoms with Crippen LogP contribution in [0, 0.1) is 5.92 Å². The molecule has 1 aromatic heterocycles. The Hall–Kier alpha value is -4.58. The van der Waals surface area contributed by atoms with Gasteiger partial charge >= 0.3 is 18.0 Å². The van der Waals surface area contributed by atoms with E-state index in [1.807, 2.05) is 38.1 Å². The lowest BCUT2D eigenvalue weighted by atomic mass is 10.0. The van der Waals surface area contributed by atoms with E-state index < -0.39 is 63.6 Å². The van der Waals surface area contributed by atoms with Crippen LogP contribution in [-0.4, -0.2) is 92.6 Å². The number of alkyl carbamates (subject to hydrolysis) is 1. The van der Waals surface area contributed by atoms with E-state index >= 15 is 0 Å². The fourth-order valence-electron chi connectivity index (χ4n) is 7.07. The SMILES string of the molecule is CC(C)[C@H](NC(=O)[C@]1(C)CSC(c2cccc(CNC(=O)OC(C)(C)C)n2)=N1)C(=O)O[C@H](/C=C/CCO[Si](c1ccccc1)(c1ccccc1)C(C)(C)C)CC(=O)OCC[Si](C)(C)C. The third-order valence-electron chi connectivity index (χ3n) is 10.5. The van der Waals surface area contributed by atoms with Crippen molar-refractivity contribution in [3.8, 4) is 0 Å². The molecule has 0 saturated carbocycles. The number of thioether (sulfide) groups is 1. The van der Waals surface area contributed by atoms with Crippen molar-refractivity contribution in [1.29, 1.82) is 0 Å². The Labute approximate surface area is 387 Å². The van der Waals surface area contributed by atoms with Gasteiger partial charge in [-0.25, -0.2) is 14.6 Å². The minimum Gasteiger partial charge on any atom is -0.466 e. The number of benzene rings is 2. The van der Waals surface area contributed by atoms with Crippen LogP contribution in [0.1, 0.15) is 86.5 Å². The first-order valence-corrected chi connectivity index (χ1v) is 28.8. The maximum Gasteiger partial charge on any atom is 0.407 e. The Morgan fingerprint density at radius 1 is 0.875 bits per heavy atom. The van der Waals surface area contributed by atoms with Crippen molar-refractivity contribution in [2.75, 3.05) is 19.0 Å². The molecular weight excluding hydrogens is 861 g/mol. The van der Waals surface area contributed by atoms with Crippen molar-refractivity contribution in [2.45, 2.75) is 136 Å². The monoisotopic (exact) mass is 930 g/mol. The zero-order valence-corrected chi connectivity index (χ0v) is 42.7. The van der Waals surface area contributed by atoms with Crippen molar-refractivity contribution >= 4 is 67.5 Å². The van der Waals surface area contributed by atoms with Gasteiger partial charge in [0.05, 0.1) is 31.0 Å². The second-order valence-electron chi connectivity index (χ2n) is 20.0. The molecule has 0 aliphatic carbocycles. The van der Waals surface area contributed by atoms with E-state index in [1.54, 1.807) is 45.9 Å². The van der Waals surface area contributed by atoms with Gasteiger partial charge in [-0.05, 0) is 79.7 Å². The van der Waals surface area contributed by atoms with Gasteiger partial charge in [-0.3, -0.25) is 14.6 Å². The van der Waals surface area contributed by atoms with Crippen molar-refractivity contribution in [2.24, 2.45) is 10.9 Å². The summed E-state index contributed by atoms with van der Waals surface area (Å²) in [6.07, 6.45) is 2.44. The molecule has 0 spiro atoms. The number of carbonyl (C=O) groups is 4. The number of rotatable bonds is 20. The molecule has 0 bridgehead atoms. The van der Waals surface area contributed by atoms with Crippen LogP contribution >= 0.6 is 11.8 Å². The highest BCUT2D eigenvalue weighted by Gasteiger charge is 2.50.